The van der Waals surface area contributed by atoms with Gasteiger partial charge in [-0.05, 0) is 55.4 Å². The third-order valence-corrected chi connectivity index (χ3v) is 4.78. The minimum absolute atomic E-state index is 0.499. The minimum atomic E-state index is 0.499. The summed E-state index contributed by atoms with van der Waals surface area (Å²) in [4.78, 5) is 0. The zero-order valence-electron chi connectivity index (χ0n) is 10.4. The average Bonchev–Trinajstić information content (AvgIpc) is 2.26. The van der Waals surface area contributed by atoms with Crippen LogP contribution in [0.25, 0.3) is 0 Å². The molecule has 0 bridgehead atoms. The summed E-state index contributed by atoms with van der Waals surface area (Å²) in [7, 11) is 0. The molecule has 1 nitrogen and oxygen atoms in total. The van der Waals surface area contributed by atoms with Crippen molar-refractivity contribution in [3.05, 3.63) is 0 Å². The summed E-state index contributed by atoms with van der Waals surface area (Å²) in [5.74, 6) is 4.37. The normalized spacial score (nSPS) is 31.8. The summed E-state index contributed by atoms with van der Waals surface area (Å²) in [5, 5.41) is 0. The van der Waals surface area contributed by atoms with Crippen molar-refractivity contribution in [2.75, 3.05) is 11.5 Å². The predicted molar refractivity (Wildman–Crippen MR) is 71.3 cm³/mol. The zero-order chi connectivity index (χ0) is 11.1. The first-order valence-electron chi connectivity index (χ1n) is 6.61. The fraction of sp³-hybridized carbons (Fsp3) is 1.00. The highest BCUT2D eigenvalue weighted by Gasteiger charge is 2.26. The summed E-state index contributed by atoms with van der Waals surface area (Å²) in [5.41, 5.74) is 6.20. The van der Waals surface area contributed by atoms with Gasteiger partial charge < -0.3 is 5.73 Å². The first-order valence-corrected chi connectivity index (χ1v) is 7.76. The second-order valence-corrected chi connectivity index (χ2v) is 6.24. The molecule has 0 saturated heterocycles. The van der Waals surface area contributed by atoms with Gasteiger partial charge in [0.15, 0.2) is 0 Å². The molecule has 3 unspecified atom stereocenters. The van der Waals surface area contributed by atoms with Crippen molar-refractivity contribution in [2.45, 2.75) is 58.4 Å². The zero-order valence-corrected chi connectivity index (χ0v) is 11.2. The minimum Gasteiger partial charge on any atom is -0.327 e. The van der Waals surface area contributed by atoms with Gasteiger partial charge in [0.1, 0.15) is 0 Å². The van der Waals surface area contributed by atoms with Crippen LogP contribution >= 0.6 is 11.8 Å². The van der Waals surface area contributed by atoms with Gasteiger partial charge in [-0.25, -0.2) is 0 Å². The standard InChI is InChI=1S/C13H27NS/c1-3-11-7-8-13(14)12(10-11)6-5-9-15-4-2/h11-13H,3-10,14H2,1-2H3. The Kier molecular flexibility index (Phi) is 6.74. The largest absolute Gasteiger partial charge is 0.327 e. The second kappa shape index (κ2) is 7.56. The van der Waals surface area contributed by atoms with Gasteiger partial charge in [-0.3, -0.25) is 0 Å². The van der Waals surface area contributed by atoms with Crippen LogP contribution in [0.1, 0.15) is 52.4 Å². The summed E-state index contributed by atoms with van der Waals surface area (Å²) in [6.07, 6.45) is 8.13. The quantitative estimate of drug-likeness (QED) is 0.703. The van der Waals surface area contributed by atoms with Gasteiger partial charge in [-0.2, -0.15) is 11.8 Å². The van der Waals surface area contributed by atoms with Gasteiger partial charge >= 0.3 is 0 Å². The van der Waals surface area contributed by atoms with E-state index in [0.717, 1.165) is 11.8 Å². The summed E-state index contributed by atoms with van der Waals surface area (Å²) in [6.45, 7) is 4.57. The molecule has 0 spiro atoms. The Labute approximate surface area is 99.6 Å². The summed E-state index contributed by atoms with van der Waals surface area (Å²) in [6, 6.07) is 0.499. The van der Waals surface area contributed by atoms with Gasteiger partial charge in [0, 0.05) is 6.04 Å². The van der Waals surface area contributed by atoms with Crippen LogP contribution in [0, 0.1) is 11.8 Å². The fourth-order valence-corrected chi connectivity index (χ4v) is 3.34. The van der Waals surface area contributed by atoms with E-state index in [4.69, 9.17) is 5.73 Å². The van der Waals surface area contributed by atoms with Crippen molar-refractivity contribution in [1.29, 1.82) is 0 Å². The Morgan fingerprint density at radius 1 is 1.27 bits per heavy atom. The van der Waals surface area contributed by atoms with Crippen LogP contribution in [0.15, 0.2) is 0 Å². The molecule has 0 amide bonds. The van der Waals surface area contributed by atoms with Crippen molar-refractivity contribution in [1.82, 2.24) is 0 Å². The monoisotopic (exact) mass is 229 g/mol. The maximum absolute atomic E-state index is 6.20. The molecule has 0 aromatic rings. The summed E-state index contributed by atoms with van der Waals surface area (Å²) >= 11 is 2.06. The van der Waals surface area contributed by atoms with Crippen molar-refractivity contribution in [3.8, 4) is 0 Å². The second-order valence-electron chi connectivity index (χ2n) is 4.85. The molecule has 1 aliphatic carbocycles. The molecule has 90 valence electrons. The molecule has 2 heteroatoms. The predicted octanol–water partition coefficient (Wildman–Crippen LogP) is 3.67. The van der Waals surface area contributed by atoms with E-state index in [2.05, 4.69) is 25.6 Å². The van der Waals surface area contributed by atoms with E-state index in [9.17, 15) is 0 Å². The number of nitrogens with two attached hydrogens (primary N) is 1. The highest BCUT2D eigenvalue weighted by Crippen LogP contribution is 2.33. The van der Waals surface area contributed by atoms with Gasteiger partial charge in [0.25, 0.3) is 0 Å². The van der Waals surface area contributed by atoms with E-state index >= 15 is 0 Å². The molecule has 15 heavy (non-hydrogen) atoms. The Morgan fingerprint density at radius 2 is 2.07 bits per heavy atom. The molecule has 0 aromatic carbocycles. The smallest absolute Gasteiger partial charge is 0.00673 e. The van der Waals surface area contributed by atoms with Gasteiger partial charge in [0.2, 0.25) is 0 Å². The first-order chi connectivity index (χ1) is 7.27. The number of hydrogen-bond donors (Lipinski definition) is 1. The van der Waals surface area contributed by atoms with Crippen LogP contribution in [0.3, 0.4) is 0 Å². The fourth-order valence-electron chi connectivity index (χ4n) is 2.68. The van der Waals surface area contributed by atoms with Crippen LogP contribution in [-0.4, -0.2) is 17.5 Å². The maximum Gasteiger partial charge on any atom is 0.00673 e. The van der Waals surface area contributed by atoms with E-state index < -0.39 is 0 Å². The van der Waals surface area contributed by atoms with E-state index in [-0.39, 0.29) is 0 Å². The molecule has 0 heterocycles. The molecule has 1 fully saturated rings. The molecule has 1 rings (SSSR count). The van der Waals surface area contributed by atoms with E-state index in [1.54, 1.807) is 0 Å². The third-order valence-electron chi connectivity index (χ3n) is 3.79. The van der Waals surface area contributed by atoms with Crippen molar-refractivity contribution in [2.24, 2.45) is 17.6 Å². The number of rotatable bonds is 6. The molecule has 1 aliphatic rings. The molecular weight excluding hydrogens is 202 g/mol. The van der Waals surface area contributed by atoms with Crippen LogP contribution in [-0.2, 0) is 0 Å². The highest BCUT2D eigenvalue weighted by atomic mass is 32.2. The lowest BCUT2D eigenvalue weighted by Gasteiger charge is -2.33. The van der Waals surface area contributed by atoms with Gasteiger partial charge in [-0.1, -0.05) is 20.3 Å². The third kappa shape index (κ3) is 4.78. The van der Waals surface area contributed by atoms with Crippen LogP contribution in [0.5, 0.6) is 0 Å². The number of thioether (sulfide) groups is 1. The van der Waals surface area contributed by atoms with Gasteiger partial charge in [0.05, 0.1) is 0 Å². The highest BCUT2D eigenvalue weighted by molar-refractivity contribution is 7.99. The molecule has 0 radical (unpaired) electrons. The average molecular weight is 229 g/mol. The molecule has 0 aliphatic heterocycles. The number of hydrogen-bond acceptors (Lipinski definition) is 2. The Hall–Kier alpha value is 0.310. The van der Waals surface area contributed by atoms with Gasteiger partial charge in [-0.15, -0.1) is 0 Å². The van der Waals surface area contributed by atoms with Crippen LogP contribution in [0.4, 0.5) is 0 Å². The van der Waals surface area contributed by atoms with Crippen molar-refractivity contribution >= 4 is 11.8 Å². The summed E-state index contributed by atoms with van der Waals surface area (Å²) < 4.78 is 0. The topological polar surface area (TPSA) is 26.0 Å². The van der Waals surface area contributed by atoms with E-state index in [1.165, 1.54) is 50.0 Å². The Morgan fingerprint density at radius 3 is 2.73 bits per heavy atom. The van der Waals surface area contributed by atoms with E-state index in [0.29, 0.717) is 6.04 Å². The first kappa shape index (κ1) is 13.4. The SMILES string of the molecule is CCSCCCC1CC(CC)CCC1N. The lowest BCUT2D eigenvalue weighted by atomic mass is 9.75. The molecular formula is C13H27NS. The van der Waals surface area contributed by atoms with Crippen LogP contribution in [0.2, 0.25) is 0 Å². The van der Waals surface area contributed by atoms with Crippen molar-refractivity contribution in [3.63, 3.8) is 0 Å². The molecule has 3 atom stereocenters. The van der Waals surface area contributed by atoms with Crippen LogP contribution < -0.4 is 5.73 Å². The maximum atomic E-state index is 6.20. The Bertz CT molecular complexity index is 161. The lowest BCUT2D eigenvalue weighted by molar-refractivity contribution is 0.217. The molecule has 2 N–H and O–H groups in total. The molecule has 0 aromatic heterocycles. The lowest BCUT2D eigenvalue weighted by Crippen LogP contribution is -2.36. The molecule has 1 saturated carbocycles. The van der Waals surface area contributed by atoms with E-state index in [1.807, 2.05) is 0 Å². The van der Waals surface area contributed by atoms with Crippen molar-refractivity contribution < 1.29 is 0 Å². The Balaban J connectivity index is 2.19.